The van der Waals surface area contributed by atoms with E-state index in [4.69, 9.17) is 14.6 Å². The minimum Gasteiger partial charge on any atom is -0.493 e. The van der Waals surface area contributed by atoms with Crippen LogP contribution in [0.15, 0.2) is 60.7 Å². The van der Waals surface area contributed by atoms with Crippen molar-refractivity contribution in [3.05, 3.63) is 71.8 Å². The molecule has 3 aromatic rings. The Morgan fingerprint density at radius 3 is 2.17 bits per heavy atom. The molecule has 0 aliphatic heterocycles. The molecule has 0 aromatic heterocycles. The number of fused-ring (bicyclic) bond motifs is 1. The summed E-state index contributed by atoms with van der Waals surface area (Å²) >= 11 is 0. The van der Waals surface area contributed by atoms with Crippen LogP contribution in [0.25, 0.3) is 22.3 Å². The lowest BCUT2D eigenvalue weighted by molar-refractivity contribution is 0.144. The van der Waals surface area contributed by atoms with Crippen LogP contribution in [0, 0.1) is 0 Å². The Morgan fingerprint density at radius 1 is 0.861 bits per heavy atom. The van der Waals surface area contributed by atoms with Gasteiger partial charge in [-0.2, -0.15) is 0 Å². The highest BCUT2D eigenvalue weighted by Gasteiger charge is 2.37. The van der Waals surface area contributed by atoms with Gasteiger partial charge in [0.05, 0.1) is 6.61 Å². The first-order valence-electron chi connectivity index (χ1n) is 12.7. The van der Waals surface area contributed by atoms with Crippen LogP contribution >= 0.6 is 0 Å². The van der Waals surface area contributed by atoms with Crippen molar-refractivity contribution in [1.29, 1.82) is 0 Å². The SMILES string of the molecule is CNCCCOc1ccc(-c2ccc(OC(=O)O)cc2)cc1-c1ccc2c(c1)C(C)(C)CCC2(C)C. The Bertz CT molecular complexity index is 1230. The molecule has 36 heavy (non-hydrogen) atoms. The summed E-state index contributed by atoms with van der Waals surface area (Å²) in [6, 6.07) is 20.3. The molecule has 190 valence electrons. The van der Waals surface area contributed by atoms with Crippen LogP contribution in [0.3, 0.4) is 0 Å². The van der Waals surface area contributed by atoms with Gasteiger partial charge in [-0.3, -0.25) is 0 Å². The van der Waals surface area contributed by atoms with Gasteiger partial charge in [-0.15, -0.1) is 0 Å². The van der Waals surface area contributed by atoms with Crippen molar-refractivity contribution in [2.45, 2.75) is 57.8 Å². The summed E-state index contributed by atoms with van der Waals surface area (Å²) in [6.45, 7) is 10.9. The van der Waals surface area contributed by atoms with Crippen LogP contribution in [0.1, 0.15) is 58.1 Å². The fourth-order valence-electron chi connectivity index (χ4n) is 5.06. The summed E-state index contributed by atoms with van der Waals surface area (Å²) in [5, 5.41) is 12.0. The van der Waals surface area contributed by atoms with E-state index in [0.29, 0.717) is 12.4 Å². The molecular formula is C31H37NO4. The molecule has 0 heterocycles. The number of hydrogen-bond donors (Lipinski definition) is 2. The first kappa shape index (κ1) is 25.8. The number of ether oxygens (including phenoxy) is 2. The summed E-state index contributed by atoms with van der Waals surface area (Å²) in [5.41, 5.74) is 7.36. The zero-order valence-electron chi connectivity index (χ0n) is 22.0. The van der Waals surface area contributed by atoms with E-state index in [-0.39, 0.29) is 10.8 Å². The Balaban J connectivity index is 1.76. The van der Waals surface area contributed by atoms with Crippen LogP contribution in [0.4, 0.5) is 4.79 Å². The van der Waals surface area contributed by atoms with Crippen molar-refractivity contribution in [2.24, 2.45) is 0 Å². The van der Waals surface area contributed by atoms with Gasteiger partial charge in [0.1, 0.15) is 11.5 Å². The van der Waals surface area contributed by atoms with Gasteiger partial charge in [-0.1, -0.05) is 64.1 Å². The molecule has 0 radical (unpaired) electrons. The van der Waals surface area contributed by atoms with Crippen molar-refractivity contribution >= 4 is 6.16 Å². The molecule has 2 N–H and O–H groups in total. The van der Waals surface area contributed by atoms with Crippen molar-refractivity contribution in [2.75, 3.05) is 20.2 Å². The van der Waals surface area contributed by atoms with E-state index < -0.39 is 6.16 Å². The monoisotopic (exact) mass is 487 g/mol. The van der Waals surface area contributed by atoms with Gasteiger partial charge in [0.2, 0.25) is 0 Å². The fourth-order valence-corrected chi connectivity index (χ4v) is 5.06. The lowest BCUT2D eigenvalue weighted by Crippen LogP contribution is -2.33. The third kappa shape index (κ3) is 5.57. The molecule has 1 aliphatic rings. The van der Waals surface area contributed by atoms with Crippen molar-refractivity contribution in [3.63, 3.8) is 0 Å². The molecule has 0 fully saturated rings. The number of carboxylic acid groups (broad SMARTS) is 1. The van der Waals surface area contributed by atoms with Crippen molar-refractivity contribution in [3.8, 4) is 33.8 Å². The molecule has 4 rings (SSSR count). The summed E-state index contributed by atoms with van der Waals surface area (Å²) in [4.78, 5) is 10.8. The predicted molar refractivity (Wildman–Crippen MR) is 145 cm³/mol. The number of nitrogens with one attached hydrogen (secondary N) is 1. The topological polar surface area (TPSA) is 67.8 Å². The average Bonchev–Trinajstić information content (AvgIpc) is 2.85. The molecule has 1 aliphatic carbocycles. The molecule has 5 heteroatoms. The predicted octanol–water partition coefficient (Wildman–Crippen LogP) is 7.41. The van der Waals surface area contributed by atoms with E-state index in [2.05, 4.69) is 63.3 Å². The molecule has 0 amide bonds. The Morgan fingerprint density at radius 2 is 1.50 bits per heavy atom. The molecule has 0 spiro atoms. The Labute approximate surface area is 214 Å². The van der Waals surface area contributed by atoms with Gasteiger partial charge in [0.25, 0.3) is 0 Å². The van der Waals surface area contributed by atoms with E-state index >= 15 is 0 Å². The van der Waals surface area contributed by atoms with Gasteiger partial charge >= 0.3 is 6.16 Å². The molecule has 0 unspecified atom stereocenters. The summed E-state index contributed by atoms with van der Waals surface area (Å²) in [6.07, 6.45) is 1.95. The maximum atomic E-state index is 10.8. The van der Waals surface area contributed by atoms with Crippen LogP contribution in [-0.2, 0) is 10.8 Å². The molecule has 0 saturated heterocycles. The second-order valence-corrected chi connectivity index (χ2v) is 10.9. The zero-order chi connectivity index (χ0) is 25.9. The van der Waals surface area contributed by atoms with Crippen molar-refractivity contribution < 1.29 is 19.4 Å². The third-order valence-corrected chi connectivity index (χ3v) is 7.36. The fraction of sp³-hybridized carbons (Fsp3) is 0.387. The summed E-state index contributed by atoms with van der Waals surface area (Å²) in [7, 11) is 1.95. The Hall–Kier alpha value is -3.31. The largest absolute Gasteiger partial charge is 0.511 e. The van der Waals surface area contributed by atoms with Crippen LogP contribution in [-0.4, -0.2) is 31.5 Å². The van der Waals surface area contributed by atoms with E-state index in [1.165, 1.54) is 17.5 Å². The van der Waals surface area contributed by atoms with E-state index in [0.717, 1.165) is 47.4 Å². The van der Waals surface area contributed by atoms with E-state index in [1.807, 2.05) is 25.2 Å². The number of rotatable bonds is 8. The number of benzene rings is 3. The van der Waals surface area contributed by atoms with Gasteiger partial charge in [-0.25, -0.2) is 4.79 Å². The minimum atomic E-state index is -1.32. The normalized spacial score (nSPS) is 15.7. The smallest absolute Gasteiger partial charge is 0.493 e. The molecular weight excluding hydrogens is 450 g/mol. The minimum absolute atomic E-state index is 0.117. The zero-order valence-corrected chi connectivity index (χ0v) is 22.0. The highest BCUT2D eigenvalue weighted by Crippen LogP contribution is 2.47. The average molecular weight is 488 g/mol. The van der Waals surface area contributed by atoms with Gasteiger partial charge < -0.3 is 19.9 Å². The first-order chi connectivity index (χ1) is 17.1. The summed E-state index contributed by atoms with van der Waals surface area (Å²) < 4.78 is 11.0. The molecule has 3 aromatic carbocycles. The van der Waals surface area contributed by atoms with Crippen LogP contribution in [0.2, 0.25) is 0 Å². The molecule has 5 nitrogen and oxygen atoms in total. The van der Waals surface area contributed by atoms with Gasteiger partial charge in [-0.05, 0) is 95.8 Å². The van der Waals surface area contributed by atoms with Crippen LogP contribution in [0.5, 0.6) is 11.5 Å². The first-order valence-corrected chi connectivity index (χ1v) is 12.7. The molecule has 0 saturated carbocycles. The highest BCUT2D eigenvalue weighted by molar-refractivity contribution is 5.79. The highest BCUT2D eigenvalue weighted by atomic mass is 16.7. The van der Waals surface area contributed by atoms with Gasteiger partial charge in [0.15, 0.2) is 0 Å². The van der Waals surface area contributed by atoms with E-state index in [1.54, 1.807) is 12.1 Å². The maximum Gasteiger partial charge on any atom is 0.511 e. The Kier molecular flexibility index (Phi) is 7.41. The van der Waals surface area contributed by atoms with Crippen molar-refractivity contribution in [1.82, 2.24) is 5.32 Å². The van der Waals surface area contributed by atoms with Gasteiger partial charge in [0, 0.05) is 5.56 Å². The molecule has 0 atom stereocenters. The lowest BCUT2D eigenvalue weighted by Gasteiger charge is -2.42. The number of hydrogen-bond acceptors (Lipinski definition) is 4. The van der Waals surface area contributed by atoms with Crippen LogP contribution < -0.4 is 14.8 Å². The second kappa shape index (κ2) is 10.4. The second-order valence-electron chi connectivity index (χ2n) is 10.9. The van der Waals surface area contributed by atoms with E-state index in [9.17, 15) is 4.79 Å². The number of carbonyl (C=O) groups is 1. The maximum absolute atomic E-state index is 10.8. The quantitative estimate of drug-likeness (QED) is 0.197. The third-order valence-electron chi connectivity index (χ3n) is 7.36. The standard InChI is InChI=1S/C31H37NO4/c1-30(2)15-16-31(3,4)27-20-23(9-13-26(27)30)25-19-22(10-14-28(25)35-18-6-17-32-5)21-7-11-24(12-8-21)36-29(33)34/h7-14,19-20,32H,6,15-18H2,1-5H3,(H,33,34). The molecule has 0 bridgehead atoms. The summed E-state index contributed by atoms with van der Waals surface area (Å²) in [5.74, 6) is 1.17. The lowest BCUT2D eigenvalue weighted by atomic mass is 9.63.